The standard InChI is InChI=1S/C19H13BrO/c20-12-13-5-7-14(8-6-13)15-9-10-19-17(11-15)16-3-1-2-4-18(16)21-19/h1-11H,12H2. The normalized spacial score (nSPS) is 11.3. The third-order valence-electron chi connectivity index (χ3n) is 3.82. The van der Waals surface area contributed by atoms with E-state index in [0.717, 1.165) is 16.5 Å². The Hall–Kier alpha value is -2.06. The van der Waals surface area contributed by atoms with E-state index in [4.69, 9.17) is 4.42 Å². The summed E-state index contributed by atoms with van der Waals surface area (Å²) in [4.78, 5) is 0. The second-order valence-corrected chi connectivity index (χ2v) is 5.70. The Balaban J connectivity index is 1.90. The van der Waals surface area contributed by atoms with E-state index in [2.05, 4.69) is 70.5 Å². The summed E-state index contributed by atoms with van der Waals surface area (Å²) in [6, 6.07) is 23.2. The topological polar surface area (TPSA) is 13.1 Å². The van der Waals surface area contributed by atoms with Crippen molar-refractivity contribution in [2.75, 3.05) is 0 Å². The van der Waals surface area contributed by atoms with Gasteiger partial charge < -0.3 is 4.42 Å². The molecule has 0 aliphatic heterocycles. The summed E-state index contributed by atoms with van der Waals surface area (Å²) < 4.78 is 5.87. The summed E-state index contributed by atoms with van der Waals surface area (Å²) in [6.45, 7) is 0. The van der Waals surface area contributed by atoms with E-state index in [9.17, 15) is 0 Å². The number of rotatable bonds is 2. The lowest BCUT2D eigenvalue weighted by Crippen LogP contribution is -1.80. The van der Waals surface area contributed by atoms with Crippen LogP contribution in [0.3, 0.4) is 0 Å². The maximum absolute atomic E-state index is 5.87. The second kappa shape index (κ2) is 5.05. The summed E-state index contributed by atoms with van der Waals surface area (Å²) in [6.07, 6.45) is 0. The first-order chi connectivity index (χ1) is 10.3. The molecule has 0 aliphatic carbocycles. The van der Waals surface area contributed by atoms with Crippen LogP contribution in [-0.2, 0) is 5.33 Å². The first kappa shape index (κ1) is 12.7. The van der Waals surface area contributed by atoms with Crippen molar-refractivity contribution in [1.29, 1.82) is 0 Å². The van der Waals surface area contributed by atoms with E-state index in [1.54, 1.807) is 0 Å². The molecule has 0 spiro atoms. The number of hydrogen-bond acceptors (Lipinski definition) is 1. The molecular weight excluding hydrogens is 324 g/mol. The van der Waals surface area contributed by atoms with Crippen molar-refractivity contribution in [2.24, 2.45) is 0 Å². The van der Waals surface area contributed by atoms with E-state index in [1.165, 1.54) is 27.5 Å². The van der Waals surface area contributed by atoms with Gasteiger partial charge in [0.15, 0.2) is 0 Å². The van der Waals surface area contributed by atoms with Crippen LogP contribution in [0.1, 0.15) is 5.56 Å². The monoisotopic (exact) mass is 336 g/mol. The summed E-state index contributed by atoms with van der Waals surface area (Å²) >= 11 is 3.48. The molecule has 102 valence electrons. The summed E-state index contributed by atoms with van der Waals surface area (Å²) in [5.74, 6) is 0. The van der Waals surface area contributed by atoms with Gasteiger partial charge in [0.25, 0.3) is 0 Å². The highest BCUT2D eigenvalue weighted by Gasteiger charge is 2.07. The Morgan fingerprint density at radius 3 is 2.24 bits per heavy atom. The summed E-state index contributed by atoms with van der Waals surface area (Å²) in [7, 11) is 0. The van der Waals surface area contributed by atoms with E-state index in [1.807, 2.05) is 12.1 Å². The van der Waals surface area contributed by atoms with Gasteiger partial charge >= 0.3 is 0 Å². The lowest BCUT2D eigenvalue weighted by atomic mass is 10.0. The Bertz CT molecular complexity index is 919. The van der Waals surface area contributed by atoms with Gasteiger partial charge in [-0.3, -0.25) is 0 Å². The van der Waals surface area contributed by atoms with Crippen LogP contribution in [0.2, 0.25) is 0 Å². The maximum Gasteiger partial charge on any atom is 0.135 e. The molecule has 4 aromatic rings. The average Bonchev–Trinajstić information content (AvgIpc) is 2.93. The van der Waals surface area contributed by atoms with Crippen LogP contribution >= 0.6 is 15.9 Å². The quantitative estimate of drug-likeness (QED) is 0.400. The lowest BCUT2D eigenvalue weighted by Gasteiger charge is -2.03. The predicted octanol–water partition coefficient (Wildman–Crippen LogP) is 6.15. The van der Waals surface area contributed by atoms with Gasteiger partial charge in [-0.1, -0.05) is 64.5 Å². The van der Waals surface area contributed by atoms with Crippen molar-refractivity contribution < 1.29 is 4.42 Å². The van der Waals surface area contributed by atoms with Crippen LogP contribution in [0.4, 0.5) is 0 Å². The smallest absolute Gasteiger partial charge is 0.135 e. The van der Waals surface area contributed by atoms with Crippen molar-refractivity contribution in [3.05, 3.63) is 72.3 Å². The number of benzene rings is 3. The van der Waals surface area contributed by atoms with Gasteiger partial charge in [0.05, 0.1) is 0 Å². The molecule has 0 aliphatic rings. The highest BCUT2D eigenvalue weighted by atomic mass is 79.9. The van der Waals surface area contributed by atoms with Gasteiger partial charge in [-0.25, -0.2) is 0 Å². The van der Waals surface area contributed by atoms with E-state index in [-0.39, 0.29) is 0 Å². The Morgan fingerprint density at radius 2 is 1.43 bits per heavy atom. The fraction of sp³-hybridized carbons (Fsp3) is 0.0526. The van der Waals surface area contributed by atoms with Gasteiger partial charge in [-0.15, -0.1) is 0 Å². The molecule has 2 heteroatoms. The van der Waals surface area contributed by atoms with Crippen molar-refractivity contribution in [1.82, 2.24) is 0 Å². The predicted molar refractivity (Wildman–Crippen MR) is 91.8 cm³/mol. The average molecular weight is 337 g/mol. The van der Waals surface area contributed by atoms with Gasteiger partial charge in [0.2, 0.25) is 0 Å². The van der Waals surface area contributed by atoms with Crippen molar-refractivity contribution in [2.45, 2.75) is 5.33 Å². The van der Waals surface area contributed by atoms with Crippen molar-refractivity contribution in [3.8, 4) is 11.1 Å². The van der Waals surface area contributed by atoms with Crippen LogP contribution in [0, 0.1) is 0 Å². The molecule has 0 fully saturated rings. The molecule has 0 amide bonds. The van der Waals surface area contributed by atoms with Gasteiger partial charge in [0.1, 0.15) is 11.2 Å². The van der Waals surface area contributed by atoms with Crippen molar-refractivity contribution in [3.63, 3.8) is 0 Å². The fourth-order valence-corrected chi connectivity index (χ4v) is 3.07. The molecule has 21 heavy (non-hydrogen) atoms. The number of halogens is 1. The van der Waals surface area contributed by atoms with Crippen LogP contribution < -0.4 is 0 Å². The van der Waals surface area contributed by atoms with Crippen LogP contribution in [0.25, 0.3) is 33.1 Å². The molecule has 0 bridgehead atoms. The largest absolute Gasteiger partial charge is 0.456 e. The zero-order valence-corrected chi connectivity index (χ0v) is 12.9. The SMILES string of the molecule is BrCc1ccc(-c2ccc3oc4ccccc4c3c2)cc1. The zero-order chi connectivity index (χ0) is 14.2. The number of para-hydroxylation sites is 1. The van der Waals surface area contributed by atoms with E-state index < -0.39 is 0 Å². The van der Waals surface area contributed by atoms with Gasteiger partial charge in [-0.05, 0) is 34.9 Å². The van der Waals surface area contributed by atoms with Crippen LogP contribution in [-0.4, -0.2) is 0 Å². The van der Waals surface area contributed by atoms with Crippen LogP contribution in [0.15, 0.2) is 71.1 Å². The summed E-state index contributed by atoms with van der Waals surface area (Å²) in [5, 5.41) is 3.23. The Morgan fingerprint density at radius 1 is 0.714 bits per heavy atom. The number of alkyl halides is 1. The molecule has 0 unspecified atom stereocenters. The highest BCUT2D eigenvalue weighted by Crippen LogP contribution is 2.32. The van der Waals surface area contributed by atoms with Crippen molar-refractivity contribution >= 4 is 37.9 Å². The first-order valence-electron chi connectivity index (χ1n) is 6.92. The van der Waals surface area contributed by atoms with Crippen LogP contribution in [0.5, 0.6) is 0 Å². The molecule has 3 aromatic carbocycles. The fourth-order valence-electron chi connectivity index (χ4n) is 2.69. The Labute approximate surface area is 131 Å². The molecule has 0 radical (unpaired) electrons. The molecule has 0 saturated heterocycles. The molecule has 1 heterocycles. The molecule has 0 atom stereocenters. The minimum absolute atomic E-state index is 0.888. The van der Waals surface area contributed by atoms with E-state index >= 15 is 0 Å². The molecule has 1 aromatic heterocycles. The molecule has 4 rings (SSSR count). The molecule has 1 nitrogen and oxygen atoms in total. The van der Waals surface area contributed by atoms with Gasteiger partial charge in [0, 0.05) is 16.1 Å². The van der Waals surface area contributed by atoms with E-state index in [0.29, 0.717) is 0 Å². The summed E-state index contributed by atoms with van der Waals surface area (Å²) in [5.41, 5.74) is 5.62. The third-order valence-corrected chi connectivity index (χ3v) is 4.47. The minimum atomic E-state index is 0.888. The minimum Gasteiger partial charge on any atom is -0.456 e. The maximum atomic E-state index is 5.87. The number of hydrogen-bond donors (Lipinski definition) is 0. The third kappa shape index (κ3) is 2.16. The zero-order valence-electron chi connectivity index (χ0n) is 11.3. The Kier molecular flexibility index (Phi) is 3.04. The second-order valence-electron chi connectivity index (χ2n) is 5.14. The molecule has 0 saturated carbocycles. The number of furan rings is 1. The highest BCUT2D eigenvalue weighted by molar-refractivity contribution is 9.08. The van der Waals surface area contributed by atoms with Gasteiger partial charge in [-0.2, -0.15) is 0 Å². The number of fused-ring (bicyclic) bond motifs is 3. The first-order valence-corrected chi connectivity index (χ1v) is 8.04. The lowest BCUT2D eigenvalue weighted by molar-refractivity contribution is 0.669. The molecular formula is C19H13BrO. The molecule has 0 N–H and O–H groups in total.